The lowest BCUT2D eigenvalue weighted by Crippen LogP contribution is -2.40. The first-order valence-electron chi connectivity index (χ1n) is 9.33. The molecule has 1 aliphatic rings. The van der Waals surface area contributed by atoms with E-state index in [1.807, 2.05) is 0 Å². The molecule has 0 aliphatic carbocycles. The van der Waals surface area contributed by atoms with Gasteiger partial charge in [-0.3, -0.25) is 9.69 Å². The van der Waals surface area contributed by atoms with Crippen molar-refractivity contribution in [2.24, 2.45) is 5.92 Å². The number of amides is 1. The topological polar surface area (TPSA) is 58.6 Å². The summed E-state index contributed by atoms with van der Waals surface area (Å²) < 4.78 is 4.80. The van der Waals surface area contributed by atoms with Gasteiger partial charge in [0.25, 0.3) is 0 Å². The van der Waals surface area contributed by atoms with Gasteiger partial charge in [0.05, 0.1) is 24.3 Å². The molecule has 1 unspecified atom stereocenters. The zero-order valence-electron chi connectivity index (χ0n) is 15.9. The van der Waals surface area contributed by atoms with Gasteiger partial charge in [-0.25, -0.2) is 4.79 Å². The van der Waals surface area contributed by atoms with Crippen molar-refractivity contribution in [1.29, 1.82) is 0 Å². The Morgan fingerprint density at radius 2 is 1.89 bits per heavy atom. The van der Waals surface area contributed by atoms with Gasteiger partial charge in [0, 0.05) is 13.1 Å². The van der Waals surface area contributed by atoms with Crippen molar-refractivity contribution in [3.63, 3.8) is 0 Å². The third-order valence-corrected chi connectivity index (χ3v) is 4.99. The highest BCUT2D eigenvalue weighted by Crippen LogP contribution is 2.22. The second kappa shape index (κ2) is 8.82. The number of methoxy groups -OCH3 is 1. The number of carbonyl (C=O) groups excluding carboxylic acids is 2. The fourth-order valence-corrected chi connectivity index (χ4v) is 3.48. The average Bonchev–Trinajstić information content (AvgIpc) is 2.70. The summed E-state index contributed by atoms with van der Waals surface area (Å²) in [6.45, 7) is 4.65. The normalized spacial score (nSPS) is 17.3. The Labute approximate surface area is 160 Å². The maximum Gasteiger partial charge on any atom is 0.339 e. The van der Waals surface area contributed by atoms with Crippen molar-refractivity contribution < 1.29 is 14.3 Å². The SMILES string of the molecule is COC(=O)c1ccccc1NC(=O)C1CCCN(Cc2ccc(C)cc2)C1. The highest BCUT2D eigenvalue weighted by molar-refractivity contribution is 6.01. The molecule has 0 spiro atoms. The zero-order chi connectivity index (χ0) is 19.2. The molecule has 0 bridgehead atoms. The third kappa shape index (κ3) is 4.95. The van der Waals surface area contributed by atoms with Crippen LogP contribution in [0.5, 0.6) is 0 Å². The van der Waals surface area contributed by atoms with Gasteiger partial charge in [0.1, 0.15) is 0 Å². The number of carbonyl (C=O) groups is 2. The number of ether oxygens (including phenoxy) is 1. The van der Waals surface area contributed by atoms with Crippen molar-refractivity contribution in [3.8, 4) is 0 Å². The molecule has 1 heterocycles. The lowest BCUT2D eigenvalue weighted by atomic mass is 9.96. The number of nitrogens with one attached hydrogen (secondary N) is 1. The Kier molecular flexibility index (Phi) is 6.24. The van der Waals surface area contributed by atoms with Gasteiger partial charge in [0.2, 0.25) is 5.91 Å². The van der Waals surface area contributed by atoms with Gasteiger partial charge in [-0.1, -0.05) is 42.0 Å². The number of anilines is 1. The molecule has 0 saturated carbocycles. The summed E-state index contributed by atoms with van der Waals surface area (Å²) in [4.78, 5) is 27.0. The van der Waals surface area contributed by atoms with Crippen molar-refractivity contribution in [2.75, 3.05) is 25.5 Å². The van der Waals surface area contributed by atoms with Crippen LogP contribution in [0.25, 0.3) is 0 Å². The van der Waals surface area contributed by atoms with E-state index in [1.54, 1.807) is 24.3 Å². The van der Waals surface area contributed by atoms with E-state index in [-0.39, 0.29) is 11.8 Å². The molecule has 3 rings (SSSR count). The van der Waals surface area contributed by atoms with E-state index < -0.39 is 5.97 Å². The number of hydrogen-bond acceptors (Lipinski definition) is 4. The Morgan fingerprint density at radius 1 is 1.15 bits per heavy atom. The zero-order valence-corrected chi connectivity index (χ0v) is 15.9. The molecule has 1 saturated heterocycles. The Balaban J connectivity index is 1.63. The highest BCUT2D eigenvalue weighted by atomic mass is 16.5. The van der Waals surface area contributed by atoms with Crippen LogP contribution in [0, 0.1) is 12.8 Å². The van der Waals surface area contributed by atoms with Crippen LogP contribution in [0.2, 0.25) is 0 Å². The van der Waals surface area contributed by atoms with Crippen LogP contribution in [0.15, 0.2) is 48.5 Å². The average molecular weight is 366 g/mol. The van der Waals surface area contributed by atoms with Gasteiger partial charge >= 0.3 is 5.97 Å². The molecule has 2 aromatic rings. The number of aryl methyl sites for hydroxylation is 1. The van der Waals surface area contributed by atoms with Crippen molar-refractivity contribution in [2.45, 2.75) is 26.3 Å². The maximum absolute atomic E-state index is 12.8. The molecule has 1 fully saturated rings. The molecule has 5 nitrogen and oxygen atoms in total. The molecule has 2 aromatic carbocycles. The first kappa shape index (κ1) is 19.1. The maximum atomic E-state index is 12.8. The number of esters is 1. The standard InChI is InChI=1S/C22H26N2O3/c1-16-9-11-17(12-10-16)14-24-13-5-6-18(15-24)21(25)23-20-8-4-3-7-19(20)22(26)27-2/h3-4,7-12,18H,5-6,13-15H2,1-2H3,(H,23,25). The van der Waals surface area contributed by atoms with Crippen LogP contribution in [0.4, 0.5) is 5.69 Å². The summed E-state index contributed by atoms with van der Waals surface area (Å²) in [5.74, 6) is -0.578. The summed E-state index contributed by atoms with van der Waals surface area (Å²) in [6, 6.07) is 15.5. The monoisotopic (exact) mass is 366 g/mol. The van der Waals surface area contributed by atoms with Crippen LogP contribution in [0.1, 0.15) is 34.3 Å². The van der Waals surface area contributed by atoms with Crippen LogP contribution >= 0.6 is 0 Å². The van der Waals surface area contributed by atoms with Gasteiger partial charge in [-0.05, 0) is 44.0 Å². The predicted octanol–water partition coefficient (Wildman–Crippen LogP) is 3.63. The van der Waals surface area contributed by atoms with Crippen molar-refractivity contribution in [3.05, 3.63) is 65.2 Å². The van der Waals surface area contributed by atoms with E-state index in [4.69, 9.17) is 4.74 Å². The number of benzene rings is 2. The number of nitrogens with zero attached hydrogens (tertiary/aromatic N) is 1. The van der Waals surface area contributed by atoms with Gasteiger partial charge in [-0.15, -0.1) is 0 Å². The van der Waals surface area contributed by atoms with Gasteiger partial charge in [-0.2, -0.15) is 0 Å². The number of piperidine rings is 1. The lowest BCUT2D eigenvalue weighted by Gasteiger charge is -2.32. The summed E-state index contributed by atoms with van der Waals surface area (Å²) in [7, 11) is 1.34. The molecular formula is C22H26N2O3. The minimum Gasteiger partial charge on any atom is -0.465 e. The fraction of sp³-hybridized carbons (Fsp3) is 0.364. The minimum absolute atomic E-state index is 0.0417. The number of likely N-dealkylation sites (tertiary alicyclic amines) is 1. The second-order valence-electron chi connectivity index (χ2n) is 7.09. The molecule has 142 valence electrons. The Morgan fingerprint density at radius 3 is 2.63 bits per heavy atom. The molecule has 5 heteroatoms. The number of hydrogen-bond donors (Lipinski definition) is 1. The quantitative estimate of drug-likeness (QED) is 0.821. The van der Waals surface area contributed by atoms with Gasteiger partial charge in [0.15, 0.2) is 0 Å². The molecule has 1 aliphatic heterocycles. The van der Waals surface area contributed by atoms with Crippen molar-refractivity contribution in [1.82, 2.24) is 4.90 Å². The number of rotatable bonds is 5. The van der Waals surface area contributed by atoms with E-state index in [0.29, 0.717) is 11.3 Å². The van der Waals surface area contributed by atoms with E-state index >= 15 is 0 Å². The van der Waals surface area contributed by atoms with Crippen molar-refractivity contribution >= 4 is 17.6 Å². The molecule has 0 radical (unpaired) electrons. The molecular weight excluding hydrogens is 340 g/mol. The first-order valence-corrected chi connectivity index (χ1v) is 9.33. The van der Waals surface area contributed by atoms with Crippen LogP contribution < -0.4 is 5.32 Å². The smallest absolute Gasteiger partial charge is 0.339 e. The first-order chi connectivity index (χ1) is 13.1. The van der Waals surface area contributed by atoms with E-state index in [9.17, 15) is 9.59 Å². The van der Waals surface area contributed by atoms with E-state index in [2.05, 4.69) is 41.4 Å². The van der Waals surface area contributed by atoms with Crippen LogP contribution in [-0.2, 0) is 16.1 Å². The summed E-state index contributed by atoms with van der Waals surface area (Å²) >= 11 is 0. The Hall–Kier alpha value is -2.66. The molecule has 1 atom stereocenters. The molecule has 0 aromatic heterocycles. The lowest BCUT2D eigenvalue weighted by molar-refractivity contribution is -0.121. The predicted molar refractivity (Wildman–Crippen MR) is 106 cm³/mol. The third-order valence-electron chi connectivity index (χ3n) is 4.99. The molecule has 27 heavy (non-hydrogen) atoms. The number of para-hydroxylation sites is 1. The summed E-state index contributed by atoms with van der Waals surface area (Å²) in [5, 5.41) is 2.92. The van der Waals surface area contributed by atoms with E-state index in [0.717, 1.165) is 32.5 Å². The molecule has 1 N–H and O–H groups in total. The van der Waals surface area contributed by atoms with Gasteiger partial charge < -0.3 is 10.1 Å². The minimum atomic E-state index is -0.449. The van der Waals surface area contributed by atoms with Crippen LogP contribution in [0.3, 0.4) is 0 Å². The Bertz CT molecular complexity index is 801. The summed E-state index contributed by atoms with van der Waals surface area (Å²) in [6.07, 6.45) is 1.85. The highest BCUT2D eigenvalue weighted by Gasteiger charge is 2.26. The van der Waals surface area contributed by atoms with E-state index in [1.165, 1.54) is 18.2 Å². The second-order valence-corrected chi connectivity index (χ2v) is 7.09. The molecule has 1 amide bonds. The summed E-state index contributed by atoms with van der Waals surface area (Å²) in [5.41, 5.74) is 3.39. The fourth-order valence-electron chi connectivity index (χ4n) is 3.48. The van der Waals surface area contributed by atoms with Crippen LogP contribution in [-0.4, -0.2) is 37.0 Å². The largest absolute Gasteiger partial charge is 0.465 e.